The van der Waals surface area contributed by atoms with E-state index in [4.69, 9.17) is 5.73 Å². The van der Waals surface area contributed by atoms with Crippen molar-refractivity contribution < 1.29 is 9.31 Å². The normalized spacial score (nSPS) is 12.2. The standard InChI is InChI=1S/C14H13FN2O2S/c1-9(16)14-10(15)5-4-8-13(14)20-12-7-3-2-6-11(12)17(18)19/h2-9H,16H2,1H3. The maximum absolute atomic E-state index is 13.8. The second-order valence-electron chi connectivity index (χ2n) is 4.27. The second-order valence-corrected chi connectivity index (χ2v) is 5.35. The lowest BCUT2D eigenvalue weighted by atomic mass is 10.1. The third-order valence-corrected chi connectivity index (χ3v) is 3.89. The van der Waals surface area contributed by atoms with E-state index in [1.807, 2.05) is 0 Å². The van der Waals surface area contributed by atoms with E-state index in [1.54, 1.807) is 37.3 Å². The fourth-order valence-electron chi connectivity index (χ4n) is 1.86. The summed E-state index contributed by atoms with van der Waals surface area (Å²) >= 11 is 1.15. The summed E-state index contributed by atoms with van der Waals surface area (Å²) in [7, 11) is 0. The highest BCUT2D eigenvalue weighted by Gasteiger charge is 2.18. The molecule has 0 spiro atoms. The van der Waals surface area contributed by atoms with E-state index in [0.717, 1.165) is 11.8 Å². The zero-order valence-corrected chi connectivity index (χ0v) is 11.6. The third kappa shape index (κ3) is 2.97. The van der Waals surface area contributed by atoms with E-state index in [9.17, 15) is 14.5 Å². The Morgan fingerprint density at radius 3 is 2.50 bits per heavy atom. The molecule has 4 nitrogen and oxygen atoms in total. The van der Waals surface area contributed by atoms with Crippen LogP contribution in [0.15, 0.2) is 52.3 Å². The minimum absolute atomic E-state index is 0.00242. The van der Waals surface area contributed by atoms with Gasteiger partial charge in [-0.25, -0.2) is 4.39 Å². The Morgan fingerprint density at radius 2 is 1.85 bits per heavy atom. The van der Waals surface area contributed by atoms with Crippen LogP contribution in [-0.4, -0.2) is 4.92 Å². The van der Waals surface area contributed by atoms with Crippen LogP contribution in [0.25, 0.3) is 0 Å². The minimum Gasteiger partial charge on any atom is -0.324 e. The summed E-state index contributed by atoms with van der Waals surface area (Å²) in [6.07, 6.45) is 0. The summed E-state index contributed by atoms with van der Waals surface area (Å²) in [6.45, 7) is 1.68. The maximum Gasteiger partial charge on any atom is 0.283 e. The van der Waals surface area contributed by atoms with E-state index in [2.05, 4.69) is 0 Å². The Morgan fingerprint density at radius 1 is 1.20 bits per heavy atom. The molecule has 2 aromatic carbocycles. The van der Waals surface area contributed by atoms with Crippen molar-refractivity contribution in [2.24, 2.45) is 5.73 Å². The summed E-state index contributed by atoms with van der Waals surface area (Å²) < 4.78 is 13.8. The number of para-hydroxylation sites is 1. The largest absolute Gasteiger partial charge is 0.324 e. The molecule has 0 aromatic heterocycles. The number of nitrogens with two attached hydrogens (primary N) is 1. The van der Waals surface area contributed by atoms with Gasteiger partial charge < -0.3 is 5.73 Å². The molecule has 104 valence electrons. The number of hydrogen-bond donors (Lipinski definition) is 1. The molecule has 0 bridgehead atoms. The molecule has 0 aliphatic heterocycles. The number of nitro benzene ring substituents is 1. The lowest BCUT2D eigenvalue weighted by Gasteiger charge is -2.13. The molecule has 6 heteroatoms. The first-order valence-corrected chi connectivity index (χ1v) is 6.77. The molecule has 0 amide bonds. The molecule has 1 atom stereocenters. The number of benzene rings is 2. The van der Waals surface area contributed by atoms with Crippen molar-refractivity contribution in [3.8, 4) is 0 Å². The topological polar surface area (TPSA) is 69.2 Å². The second kappa shape index (κ2) is 6.02. The molecule has 0 fully saturated rings. The number of hydrogen-bond acceptors (Lipinski definition) is 4. The van der Waals surface area contributed by atoms with E-state index in [-0.39, 0.29) is 5.69 Å². The first-order valence-electron chi connectivity index (χ1n) is 5.96. The molecule has 0 heterocycles. The van der Waals surface area contributed by atoms with Crippen LogP contribution in [0.3, 0.4) is 0 Å². The molecule has 0 saturated carbocycles. The Hall–Kier alpha value is -1.92. The highest BCUT2D eigenvalue weighted by Crippen LogP contribution is 2.38. The van der Waals surface area contributed by atoms with Crippen LogP contribution < -0.4 is 5.73 Å². The van der Waals surface area contributed by atoms with Crippen LogP contribution in [0.5, 0.6) is 0 Å². The van der Waals surface area contributed by atoms with E-state index >= 15 is 0 Å². The molecule has 1 unspecified atom stereocenters. The van der Waals surface area contributed by atoms with Crippen molar-refractivity contribution in [3.63, 3.8) is 0 Å². The highest BCUT2D eigenvalue weighted by atomic mass is 32.2. The molecular weight excluding hydrogens is 279 g/mol. The Balaban J connectivity index is 2.46. The molecule has 0 radical (unpaired) electrons. The van der Waals surface area contributed by atoms with Crippen LogP contribution in [-0.2, 0) is 0 Å². The fourth-order valence-corrected chi connectivity index (χ4v) is 3.03. The van der Waals surface area contributed by atoms with Gasteiger partial charge in [-0.2, -0.15) is 0 Å². The van der Waals surface area contributed by atoms with Crippen molar-refractivity contribution in [3.05, 3.63) is 64.0 Å². The molecule has 2 rings (SSSR count). The average Bonchev–Trinajstić information content (AvgIpc) is 2.38. The van der Waals surface area contributed by atoms with Crippen LogP contribution in [0, 0.1) is 15.9 Å². The average molecular weight is 292 g/mol. The first-order chi connectivity index (χ1) is 9.50. The number of nitro groups is 1. The van der Waals surface area contributed by atoms with Crippen LogP contribution in [0.2, 0.25) is 0 Å². The Bertz CT molecular complexity index is 647. The van der Waals surface area contributed by atoms with Gasteiger partial charge in [0.2, 0.25) is 0 Å². The Labute approximate surface area is 119 Å². The predicted molar refractivity (Wildman–Crippen MR) is 76.2 cm³/mol. The predicted octanol–water partition coefficient (Wildman–Crippen LogP) is 3.90. The summed E-state index contributed by atoms with van der Waals surface area (Å²) in [5.74, 6) is -0.399. The van der Waals surface area contributed by atoms with Crippen molar-refractivity contribution >= 4 is 17.4 Å². The SMILES string of the molecule is CC(N)c1c(F)cccc1Sc1ccccc1[N+](=O)[O-]. The molecule has 0 saturated heterocycles. The first kappa shape index (κ1) is 14.5. The monoisotopic (exact) mass is 292 g/mol. The number of halogens is 1. The maximum atomic E-state index is 13.8. The lowest BCUT2D eigenvalue weighted by molar-refractivity contribution is -0.387. The van der Waals surface area contributed by atoms with Gasteiger partial charge in [0.15, 0.2) is 0 Å². The number of nitrogens with zero attached hydrogens (tertiary/aromatic N) is 1. The smallest absolute Gasteiger partial charge is 0.283 e. The van der Waals surface area contributed by atoms with Gasteiger partial charge in [0, 0.05) is 22.6 Å². The zero-order valence-electron chi connectivity index (χ0n) is 10.7. The van der Waals surface area contributed by atoms with Gasteiger partial charge in [-0.3, -0.25) is 10.1 Å². The van der Waals surface area contributed by atoms with E-state index < -0.39 is 16.8 Å². The molecule has 0 aliphatic carbocycles. The van der Waals surface area contributed by atoms with Gasteiger partial charge in [0.25, 0.3) is 5.69 Å². The zero-order chi connectivity index (χ0) is 14.7. The summed E-state index contributed by atoms with van der Waals surface area (Å²) in [5, 5.41) is 11.0. The third-order valence-electron chi connectivity index (χ3n) is 2.75. The van der Waals surface area contributed by atoms with Gasteiger partial charge in [-0.1, -0.05) is 30.0 Å². The van der Waals surface area contributed by atoms with Crippen molar-refractivity contribution in [1.29, 1.82) is 0 Å². The van der Waals surface area contributed by atoms with Gasteiger partial charge in [0.1, 0.15) is 5.82 Å². The van der Waals surface area contributed by atoms with E-state index in [0.29, 0.717) is 15.4 Å². The Kier molecular flexibility index (Phi) is 4.36. The van der Waals surface area contributed by atoms with Crippen LogP contribution in [0.4, 0.5) is 10.1 Å². The van der Waals surface area contributed by atoms with E-state index in [1.165, 1.54) is 12.1 Å². The molecule has 20 heavy (non-hydrogen) atoms. The van der Waals surface area contributed by atoms with Crippen molar-refractivity contribution in [2.45, 2.75) is 22.8 Å². The number of rotatable bonds is 4. The van der Waals surface area contributed by atoms with Crippen LogP contribution >= 0.6 is 11.8 Å². The van der Waals surface area contributed by atoms with Crippen LogP contribution in [0.1, 0.15) is 18.5 Å². The van der Waals surface area contributed by atoms with Gasteiger partial charge in [-0.05, 0) is 25.1 Å². The highest BCUT2D eigenvalue weighted by molar-refractivity contribution is 7.99. The minimum atomic E-state index is -0.485. The quantitative estimate of drug-likeness (QED) is 0.685. The molecule has 0 aliphatic rings. The lowest BCUT2D eigenvalue weighted by Crippen LogP contribution is -2.09. The summed E-state index contributed by atoms with van der Waals surface area (Å²) in [6, 6.07) is 10.5. The van der Waals surface area contributed by atoms with Gasteiger partial charge in [0.05, 0.1) is 9.82 Å². The fraction of sp³-hybridized carbons (Fsp3) is 0.143. The van der Waals surface area contributed by atoms with Crippen molar-refractivity contribution in [1.82, 2.24) is 0 Å². The summed E-state index contributed by atoms with van der Waals surface area (Å²) in [5.41, 5.74) is 6.15. The molecular formula is C14H13FN2O2S. The van der Waals surface area contributed by atoms with Gasteiger partial charge in [-0.15, -0.1) is 0 Å². The van der Waals surface area contributed by atoms with Crippen molar-refractivity contribution in [2.75, 3.05) is 0 Å². The molecule has 2 N–H and O–H groups in total. The van der Waals surface area contributed by atoms with Gasteiger partial charge >= 0.3 is 0 Å². The molecule has 2 aromatic rings. The summed E-state index contributed by atoms with van der Waals surface area (Å²) in [4.78, 5) is 11.6.